The van der Waals surface area contributed by atoms with E-state index >= 15 is 0 Å². The molecule has 2 N–H and O–H groups in total. The molecule has 16 heavy (non-hydrogen) atoms. The van der Waals surface area contributed by atoms with Gasteiger partial charge in [0.1, 0.15) is 12.4 Å². The van der Waals surface area contributed by atoms with Gasteiger partial charge in [0.05, 0.1) is 6.10 Å². The van der Waals surface area contributed by atoms with Crippen molar-refractivity contribution in [1.29, 1.82) is 0 Å². The minimum Gasteiger partial charge on any atom is -0.481 e. The summed E-state index contributed by atoms with van der Waals surface area (Å²) in [6, 6.07) is 7.71. The average molecular weight is 219 g/mol. The lowest BCUT2D eigenvalue weighted by Gasteiger charge is -2.11. The molecule has 3 nitrogen and oxygen atoms in total. The van der Waals surface area contributed by atoms with E-state index in [4.69, 9.17) is 16.3 Å². The highest BCUT2D eigenvalue weighted by Gasteiger charge is 2.02. The molecular formula is C13H17NO2. The molecule has 0 spiro atoms. The fraction of sp³-hybridized carbons (Fsp3) is 0.385. The molecule has 1 aromatic carbocycles. The fourth-order valence-electron chi connectivity index (χ4n) is 1.33. The zero-order chi connectivity index (χ0) is 11.8. The Morgan fingerprint density at radius 2 is 2.25 bits per heavy atom. The zero-order valence-corrected chi connectivity index (χ0v) is 9.44. The molecule has 86 valence electrons. The standard InChI is InChI=1S/C13H17NO2/c1-3-8-16-13-7-5-4-6-12(13)10-14-9-11(2)15/h1,4-7,11,14-15H,8-10H2,2H3/t11-/m0/s1. The molecule has 1 atom stereocenters. The van der Waals surface area contributed by atoms with Crippen LogP contribution < -0.4 is 10.1 Å². The molecule has 0 aliphatic carbocycles. The molecular weight excluding hydrogens is 202 g/mol. The molecule has 0 aromatic heterocycles. The summed E-state index contributed by atoms with van der Waals surface area (Å²) in [7, 11) is 0. The lowest BCUT2D eigenvalue weighted by Crippen LogP contribution is -2.24. The third-order valence-corrected chi connectivity index (χ3v) is 2.04. The van der Waals surface area contributed by atoms with Crippen LogP contribution in [0.2, 0.25) is 0 Å². The monoisotopic (exact) mass is 219 g/mol. The Kier molecular flexibility index (Phi) is 5.41. The second kappa shape index (κ2) is 6.89. The zero-order valence-electron chi connectivity index (χ0n) is 9.44. The Labute approximate surface area is 96.4 Å². The van der Waals surface area contributed by atoms with Crippen molar-refractivity contribution in [2.45, 2.75) is 19.6 Å². The molecule has 0 aliphatic heterocycles. The first kappa shape index (κ1) is 12.6. The van der Waals surface area contributed by atoms with Gasteiger partial charge in [-0.3, -0.25) is 0 Å². The van der Waals surface area contributed by atoms with E-state index in [1.54, 1.807) is 6.92 Å². The van der Waals surface area contributed by atoms with Crippen molar-refractivity contribution in [3.05, 3.63) is 29.8 Å². The van der Waals surface area contributed by atoms with E-state index in [9.17, 15) is 0 Å². The summed E-state index contributed by atoms with van der Waals surface area (Å²) in [4.78, 5) is 0. The van der Waals surface area contributed by atoms with Crippen molar-refractivity contribution in [3.8, 4) is 18.1 Å². The molecule has 0 saturated heterocycles. The second-order valence-electron chi connectivity index (χ2n) is 3.58. The Balaban J connectivity index is 2.53. The van der Waals surface area contributed by atoms with Gasteiger partial charge in [0.25, 0.3) is 0 Å². The van der Waals surface area contributed by atoms with Crippen molar-refractivity contribution < 1.29 is 9.84 Å². The van der Waals surface area contributed by atoms with Crippen molar-refractivity contribution in [1.82, 2.24) is 5.32 Å². The number of terminal acetylenes is 1. The van der Waals surface area contributed by atoms with Gasteiger partial charge in [-0.1, -0.05) is 24.1 Å². The van der Waals surface area contributed by atoms with Crippen molar-refractivity contribution in [2.24, 2.45) is 0 Å². The number of benzene rings is 1. The summed E-state index contributed by atoms with van der Waals surface area (Å²) in [6.07, 6.45) is 4.79. The van der Waals surface area contributed by atoms with E-state index < -0.39 is 0 Å². The smallest absolute Gasteiger partial charge is 0.148 e. The van der Waals surface area contributed by atoms with Gasteiger partial charge in [-0.25, -0.2) is 0 Å². The minimum atomic E-state index is -0.348. The predicted octanol–water partition coefficient (Wildman–Crippen LogP) is 1.17. The third kappa shape index (κ3) is 4.35. The molecule has 1 rings (SSSR count). The average Bonchev–Trinajstić information content (AvgIpc) is 2.27. The van der Waals surface area contributed by atoms with Crippen LogP contribution in [0.25, 0.3) is 0 Å². The number of nitrogens with one attached hydrogen (secondary N) is 1. The largest absolute Gasteiger partial charge is 0.481 e. The molecule has 0 unspecified atom stereocenters. The summed E-state index contributed by atoms with van der Waals surface area (Å²) in [5, 5.41) is 12.3. The van der Waals surface area contributed by atoms with Crippen LogP contribution >= 0.6 is 0 Å². The molecule has 0 fully saturated rings. The van der Waals surface area contributed by atoms with E-state index in [2.05, 4.69) is 11.2 Å². The molecule has 0 heterocycles. The molecule has 1 aromatic rings. The Bertz CT molecular complexity index is 355. The van der Waals surface area contributed by atoms with E-state index in [-0.39, 0.29) is 12.7 Å². The lowest BCUT2D eigenvalue weighted by molar-refractivity contribution is 0.190. The van der Waals surface area contributed by atoms with Gasteiger partial charge in [0.15, 0.2) is 0 Å². The highest BCUT2D eigenvalue weighted by atomic mass is 16.5. The molecule has 0 aliphatic rings. The summed E-state index contributed by atoms with van der Waals surface area (Å²) >= 11 is 0. The number of aliphatic hydroxyl groups excluding tert-OH is 1. The van der Waals surface area contributed by atoms with Crippen molar-refractivity contribution >= 4 is 0 Å². The molecule has 3 heteroatoms. The van der Waals surface area contributed by atoms with Gasteiger partial charge in [-0.2, -0.15) is 0 Å². The molecule has 0 bridgehead atoms. The van der Waals surface area contributed by atoms with Gasteiger partial charge in [-0.05, 0) is 13.0 Å². The summed E-state index contributed by atoms with van der Waals surface area (Å²) in [5.41, 5.74) is 1.04. The summed E-state index contributed by atoms with van der Waals surface area (Å²) in [6.45, 7) is 3.23. The number of para-hydroxylation sites is 1. The van der Waals surface area contributed by atoms with Gasteiger partial charge in [0, 0.05) is 18.7 Å². The summed E-state index contributed by atoms with van der Waals surface area (Å²) < 4.78 is 5.41. The fourth-order valence-corrected chi connectivity index (χ4v) is 1.33. The second-order valence-corrected chi connectivity index (χ2v) is 3.58. The van der Waals surface area contributed by atoms with Crippen LogP contribution in [0.15, 0.2) is 24.3 Å². The van der Waals surface area contributed by atoms with Gasteiger partial charge in [0.2, 0.25) is 0 Å². The van der Waals surface area contributed by atoms with Crippen LogP contribution in [0.5, 0.6) is 5.75 Å². The predicted molar refractivity (Wildman–Crippen MR) is 64.2 cm³/mol. The maximum Gasteiger partial charge on any atom is 0.148 e. The maximum atomic E-state index is 9.12. The highest BCUT2D eigenvalue weighted by molar-refractivity contribution is 5.33. The van der Waals surface area contributed by atoms with Gasteiger partial charge in [-0.15, -0.1) is 6.42 Å². The number of hydrogen-bond donors (Lipinski definition) is 2. The number of rotatable bonds is 6. The minimum absolute atomic E-state index is 0.271. The van der Waals surface area contributed by atoms with Crippen molar-refractivity contribution in [3.63, 3.8) is 0 Å². The van der Waals surface area contributed by atoms with Crippen molar-refractivity contribution in [2.75, 3.05) is 13.2 Å². The Hall–Kier alpha value is -1.50. The highest BCUT2D eigenvalue weighted by Crippen LogP contribution is 2.17. The number of aliphatic hydroxyl groups is 1. The van der Waals surface area contributed by atoms with E-state index in [0.717, 1.165) is 11.3 Å². The molecule has 0 saturated carbocycles. The lowest BCUT2D eigenvalue weighted by atomic mass is 10.2. The van der Waals surface area contributed by atoms with Crippen LogP contribution in [0.3, 0.4) is 0 Å². The van der Waals surface area contributed by atoms with Crippen LogP contribution in [0.1, 0.15) is 12.5 Å². The Morgan fingerprint density at radius 3 is 2.94 bits per heavy atom. The van der Waals surface area contributed by atoms with Crippen LogP contribution in [0.4, 0.5) is 0 Å². The first-order valence-corrected chi connectivity index (χ1v) is 5.27. The molecule has 0 amide bonds. The first-order chi connectivity index (χ1) is 7.74. The molecule has 0 radical (unpaired) electrons. The summed E-state index contributed by atoms with van der Waals surface area (Å²) in [5.74, 6) is 3.23. The quantitative estimate of drug-likeness (QED) is 0.706. The van der Waals surface area contributed by atoms with Gasteiger partial charge >= 0.3 is 0 Å². The maximum absolute atomic E-state index is 9.12. The normalized spacial score (nSPS) is 11.8. The van der Waals surface area contributed by atoms with E-state index in [1.165, 1.54) is 0 Å². The van der Waals surface area contributed by atoms with Gasteiger partial charge < -0.3 is 15.2 Å². The topological polar surface area (TPSA) is 41.5 Å². The van der Waals surface area contributed by atoms with E-state index in [0.29, 0.717) is 13.1 Å². The number of hydrogen-bond acceptors (Lipinski definition) is 3. The Morgan fingerprint density at radius 1 is 1.50 bits per heavy atom. The first-order valence-electron chi connectivity index (χ1n) is 5.27. The van der Waals surface area contributed by atoms with E-state index in [1.807, 2.05) is 24.3 Å². The van der Waals surface area contributed by atoms with Crippen LogP contribution in [-0.2, 0) is 6.54 Å². The van der Waals surface area contributed by atoms with Crippen LogP contribution in [0, 0.1) is 12.3 Å². The van der Waals surface area contributed by atoms with Crippen LogP contribution in [-0.4, -0.2) is 24.4 Å². The SMILES string of the molecule is C#CCOc1ccccc1CNC[C@H](C)O. The number of ether oxygens (including phenoxy) is 1. The third-order valence-electron chi connectivity index (χ3n) is 2.04.